The zero-order valence-electron chi connectivity index (χ0n) is 15.8. The number of thioether (sulfide) groups is 1. The minimum absolute atomic E-state index is 0.0159. The Morgan fingerprint density at radius 3 is 2.67 bits per heavy atom. The van der Waals surface area contributed by atoms with Gasteiger partial charge in [-0.25, -0.2) is 5.01 Å². The van der Waals surface area contributed by atoms with Crippen LogP contribution in [0.15, 0.2) is 46.9 Å². The summed E-state index contributed by atoms with van der Waals surface area (Å²) >= 11 is 3.53. The van der Waals surface area contributed by atoms with Crippen molar-refractivity contribution in [3.63, 3.8) is 0 Å². The fraction of sp³-hybridized carbons (Fsp3) is 0.455. The molecule has 0 spiro atoms. The van der Waals surface area contributed by atoms with E-state index in [1.807, 2.05) is 17.8 Å². The monoisotopic (exact) mass is 398 g/mol. The molecule has 2 aromatic rings. The van der Waals surface area contributed by atoms with Gasteiger partial charge in [0.2, 0.25) is 0 Å². The maximum Gasteiger partial charge on any atom is 0.253 e. The lowest BCUT2D eigenvalue weighted by molar-refractivity contribution is -0.130. The van der Waals surface area contributed by atoms with Gasteiger partial charge in [-0.1, -0.05) is 55.2 Å². The molecule has 0 radical (unpaired) electrons. The summed E-state index contributed by atoms with van der Waals surface area (Å²) < 4.78 is 0. The van der Waals surface area contributed by atoms with Gasteiger partial charge in [0.1, 0.15) is 0 Å². The van der Waals surface area contributed by atoms with Crippen molar-refractivity contribution in [2.75, 3.05) is 5.75 Å². The van der Waals surface area contributed by atoms with Crippen molar-refractivity contribution >= 4 is 34.7 Å². The first-order valence-electron chi connectivity index (χ1n) is 9.82. The molecular formula is C22H26N2OS2. The van der Waals surface area contributed by atoms with Crippen molar-refractivity contribution in [2.24, 2.45) is 5.10 Å². The van der Waals surface area contributed by atoms with Crippen molar-refractivity contribution in [3.05, 3.63) is 57.8 Å². The van der Waals surface area contributed by atoms with E-state index < -0.39 is 0 Å². The van der Waals surface area contributed by atoms with E-state index in [4.69, 9.17) is 5.10 Å². The Bertz CT molecular complexity index is 792. The van der Waals surface area contributed by atoms with E-state index in [0.717, 1.165) is 12.1 Å². The molecule has 1 fully saturated rings. The molecule has 27 heavy (non-hydrogen) atoms. The lowest BCUT2D eigenvalue weighted by atomic mass is 10.00. The van der Waals surface area contributed by atoms with Gasteiger partial charge in [0.15, 0.2) is 0 Å². The van der Waals surface area contributed by atoms with E-state index in [-0.39, 0.29) is 11.9 Å². The number of benzene rings is 1. The Kier molecular flexibility index (Phi) is 5.98. The lowest BCUT2D eigenvalue weighted by Gasteiger charge is -2.24. The summed E-state index contributed by atoms with van der Waals surface area (Å²) in [5, 5.41) is 9.25. The van der Waals surface area contributed by atoms with Gasteiger partial charge < -0.3 is 0 Å². The second kappa shape index (κ2) is 8.61. The molecule has 5 heteroatoms. The number of carbonyl (C=O) groups is 1. The van der Waals surface area contributed by atoms with Gasteiger partial charge in [-0.2, -0.15) is 5.10 Å². The molecule has 4 rings (SSSR count). The number of hydrogen-bond acceptors (Lipinski definition) is 4. The maximum absolute atomic E-state index is 13.1. The number of rotatable bonds is 5. The van der Waals surface area contributed by atoms with E-state index in [1.54, 1.807) is 16.3 Å². The van der Waals surface area contributed by atoms with Crippen molar-refractivity contribution in [1.29, 1.82) is 0 Å². The van der Waals surface area contributed by atoms with Crippen LogP contribution in [0.3, 0.4) is 0 Å². The molecule has 0 N–H and O–H groups in total. The summed E-state index contributed by atoms with van der Waals surface area (Å²) in [5.74, 6) is 0.677. The highest BCUT2D eigenvalue weighted by atomic mass is 32.2. The molecule has 142 valence electrons. The molecule has 1 unspecified atom stereocenters. The molecule has 1 saturated carbocycles. The number of carbonyl (C=O) groups excluding carboxylic acids is 1. The summed E-state index contributed by atoms with van der Waals surface area (Å²) in [7, 11) is 0. The van der Waals surface area contributed by atoms with E-state index in [2.05, 4.69) is 42.6 Å². The Hall–Kier alpha value is -1.59. The van der Waals surface area contributed by atoms with Crippen LogP contribution in [0.5, 0.6) is 0 Å². The zero-order valence-corrected chi connectivity index (χ0v) is 17.4. The molecule has 1 aromatic carbocycles. The van der Waals surface area contributed by atoms with Crippen molar-refractivity contribution in [3.8, 4) is 0 Å². The quantitative estimate of drug-likeness (QED) is 0.637. The summed E-state index contributed by atoms with van der Waals surface area (Å²) in [6.45, 7) is 2.09. The molecule has 0 bridgehead atoms. The van der Waals surface area contributed by atoms with E-state index in [1.165, 1.54) is 48.1 Å². The van der Waals surface area contributed by atoms with Crippen LogP contribution in [-0.2, 0) is 4.79 Å². The van der Waals surface area contributed by atoms with Crippen LogP contribution in [-0.4, -0.2) is 27.6 Å². The molecule has 1 amide bonds. The molecule has 1 aliphatic carbocycles. The maximum atomic E-state index is 13.1. The Morgan fingerprint density at radius 1 is 1.19 bits per heavy atom. The van der Waals surface area contributed by atoms with Gasteiger partial charge in [-0.3, -0.25) is 4.79 Å². The summed E-state index contributed by atoms with van der Waals surface area (Å²) in [6.07, 6.45) is 7.26. The smallest absolute Gasteiger partial charge is 0.253 e. The van der Waals surface area contributed by atoms with Gasteiger partial charge in [-0.05, 0) is 36.8 Å². The number of hydrogen-bond donors (Lipinski definition) is 0. The van der Waals surface area contributed by atoms with Crippen LogP contribution in [0, 0.1) is 6.92 Å². The van der Waals surface area contributed by atoms with Crippen LogP contribution in [0.1, 0.15) is 60.6 Å². The minimum Gasteiger partial charge on any atom is -0.272 e. The second-order valence-electron chi connectivity index (χ2n) is 7.46. The van der Waals surface area contributed by atoms with Crippen LogP contribution < -0.4 is 0 Å². The van der Waals surface area contributed by atoms with E-state index >= 15 is 0 Å². The summed E-state index contributed by atoms with van der Waals surface area (Å²) in [5.41, 5.74) is 3.44. The first-order valence-corrected chi connectivity index (χ1v) is 11.7. The minimum atomic E-state index is 0.0159. The third-order valence-electron chi connectivity index (χ3n) is 5.43. The van der Waals surface area contributed by atoms with Gasteiger partial charge >= 0.3 is 0 Å². The van der Waals surface area contributed by atoms with Crippen LogP contribution >= 0.6 is 23.1 Å². The Labute approximate surface area is 169 Å². The van der Waals surface area contributed by atoms with Crippen LogP contribution in [0.2, 0.25) is 0 Å². The molecule has 2 aliphatic rings. The van der Waals surface area contributed by atoms with Gasteiger partial charge in [0.05, 0.1) is 22.4 Å². The molecule has 2 heterocycles. The average Bonchev–Trinajstić information content (AvgIpc) is 3.37. The van der Waals surface area contributed by atoms with Crippen molar-refractivity contribution in [1.82, 2.24) is 5.01 Å². The van der Waals surface area contributed by atoms with E-state index in [0.29, 0.717) is 11.0 Å². The SMILES string of the molecule is Cc1ccc(C2CC(c3cccs3)=NN2C(=O)CSC2CCCCC2)cc1. The van der Waals surface area contributed by atoms with Crippen molar-refractivity contribution < 1.29 is 4.79 Å². The third-order valence-corrected chi connectivity index (χ3v) is 7.70. The first kappa shape index (κ1) is 18.8. The van der Waals surface area contributed by atoms with Crippen molar-refractivity contribution in [2.45, 2.75) is 56.7 Å². The van der Waals surface area contributed by atoms with Crippen LogP contribution in [0.4, 0.5) is 0 Å². The topological polar surface area (TPSA) is 32.7 Å². The standard InChI is InChI=1S/C22H26N2OS2/c1-16-9-11-17(12-10-16)20-14-19(21-8-5-13-26-21)23-24(20)22(25)15-27-18-6-3-2-4-7-18/h5,8-13,18,20H,2-4,6-7,14-15H2,1H3. The molecule has 1 aliphatic heterocycles. The average molecular weight is 399 g/mol. The number of amides is 1. The highest BCUT2D eigenvalue weighted by molar-refractivity contribution is 8.00. The molecule has 1 aromatic heterocycles. The van der Waals surface area contributed by atoms with E-state index in [9.17, 15) is 4.79 Å². The second-order valence-corrected chi connectivity index (χ2v) is 9.70. The fourth-order valence-electron chi connectivity index (χ4n) is 3.87. The lowest BCUT2D eigenvalue weighted by Crippen LogP contribution is -2.29. The number of hydrazone groups is 1. The summed E-state index contributed by atoms with van der Waals surface area (Å²) in [6, 6.07) is 12.7. The highest BCUT2D eigenvalue weighted by Crippen LogP contribution is 2.35. The predicted molar refractivity (Wildman–Crippen MR) is 116 cm³/mol. The Balaban J connectivity index is 1.51. The van der Waals surface area contributed by atoms with Gasteiger partial charge in [0.25, 0.3) is 5.91 Å². The normalized spacial score (nSPS) is 20.7. The number of nitrogens with zero attached hydrogens (tertiary/aromatic N) is 2. The fourth-order valence-corrected chi connectivity index (χ4v) is 5.77. The Morgan fingerprint density at radius 2 is 1.96 bits per heavy atom. The van der Waals surface area contributed by atoms with Gasteiger partial charge in [-0.15, -0.1) is 23.1 Å². The zero-order chi connectivity index (χ0) is 18.6. The third kappa shape index (κ3) is 4.46. The predicted octanol–water partition coefficient (Wildman–Crippen LogP) is 5.80. The molecule has 3 nitrogen and oxygen atoms in total. The molecular weight excluding hydrogens is 372 g/mol. The summed E-state index contributed by atoms with van der Waals surface area (Å²) in [4.78, 5) is 14.2. The largest absolute Gasteiger partial charge is 0.272 e. The van der Waals surface area contributed by atoms with Crippen LogP contribution in [0.25, 0.3) is 0 Å². The van der Waals surface area contributed by atoms with Gasteiger partial charge in [0, 0.05) is 11.7 Å². The molecule has 0 saturated heterocycles. The number of thiophene rings is 1. The molecule has 1 atom stereocenters. The first-order chi connectivity index (χ1) is 13.2. The highest BCUT2D eigenvalue weighted by Gasteiger charge is 2.33. The number of aryl methyl sites for hydroxylation is 1.